The zero-order chi connectivity index (χ0) is 17.4. The maximum atomic E-state index is 12.1. The van der Waals surface area contributed by atoms with E-state index in [-0.39, 0.29) is 17.3 Å². The average molecular weight is 346 g/mol. The van der Waals surface area contributed by atoms with E-state index in [1.54, 1.807) is 18.2 Å². The summed E-state index contributed by atoms with van der Waals surface area (Å²) >= 11 is 1.32. The molecule has 0 unspecified atom stereocenters. The topological polar surface area (TPSA) is 81.5 Å². The summed E-state index contributed by atoms with van der Waals surface area (Å²) in [5.41, 5.74) is 0.672. The van der Waals surface area contributed by atoms with E-state index in [1.165, 1.54) is 23.9 Å². The number of anilines is 1. The first-order chi connectivity index (χ1) is 11.6. The number of nitrogens with zero attached hydrogens (tertiary/aromatic N) is 1. The van der Waals surface area contributed by atoms with Crippen LogP contribution in [0.2, 0.25) is 0 Å². The molecule has 0 aliphatic rings. The molecule has 126 valence electrons. The van der Waals surface area contributed by atoms with Gasteiger partial charge in [-0.3, -0.25) is 14.9 Å². The zero-order valence-corrected chi connectivity index (χ0v) is 14.0. The van der Waals surface area contributed by atoms with Crippen molar-refractivity contribution >= 4 is 29.0 Å². The van der Waals surface area contributed by atoms with Gasteiger partial charge in [0.2, 0.25) is 5.91 Å². The molecule has 0 aromatic heterocycles. The Bertz CT molecular complexity index is 704. The van der Waals surface area contributed by atoms with Gasteiger partial charge in [-0.1, -0.05) is 19.1 Å². The number of carbonyl (C=O) groups excluding carboxylic acids is 1. The van der Waals surface area contributed by atoms with E-state index in [0.29, 0.717) is 18.0 Å². The molecule has 0 aliphatic heterocycles. The zero-order valence-electron chi connectivity index (χ0n) is 13.2. The quantitative estimate of drug-likeness (QED) is 0.442. The number of nitro groups is 1. The minimum absolute atomic E-state index is 0.0331. The highest BCUT2D eigenvalue weighted by molar-refractivity contribution is 8.00. The van der Waals surface area contributed by atoms with Crippen molar-refractivity contribution in [2.75, 3.05) is 17.7 Å². The number of amides is 1. The molecule has 7 heteroatoms. The molecule has 1 N–H and O–H groups in total. The fourth-order valence-electron chi connectivity index (χ4n) is 1.91. The van der Waals surface area contributed by atoms with Crippen LogP contribution < -0.4 is 10.1 Å². The van der Waals surface area contributed by atoms with Gasteiger partial charge in [0.1, 0.15) is 5.75 Å². The molecule has 6 nitrogen and oxygen atoms in total. The molecule has 2 rings (SSSR count). The van der Waals surface area contributed by atoms with Crippen molar-refractivity contribution in [1.82, 2.24) is 0 Å². The van der Waals surface area contributed by atoms with E-state index in [9.17, 15) is 14.9 Å². The summed E-state index contributed by atoms with van der Waals surface area (Å²) in [6, 6.07) is 13.4. The first kappa shape index (κ1) is 17.8. The van der Waals surface area contributed by atoms with Gasteiger partial charge in [0, 0.05) is 17.0 Å². The number of nitro benzene ring substituents is 1. The maximum absolute atomic E-state index is 12.1. The lowest BCUT2D eigenvalue weighted by molar-refractivity contribution is -0.384. The molecule has 0 radical (unpaired) electrons. The molecule has 0 spiro atoms. The number of hydrogen-bond acceptors (Lipinski definition) is 5. The lowest BCUT2D eigenvalue weighted by atomic mass is 10.3. The third kappa shape index (κ3) is 5.27. The number of nitrogens with one attached hydrogen (secondary N) is 1. The molecule has 0 saturated carbocycles. The monoisotopic (exact) mass is 346 g/mol. The van der Waals surface area contributed by atoms with Gasteiger partial charge in [-0.05, 0) is 30.7 Å². The summed E-state index contributed by atoms with van der Waals surface area (Å²) in [5, 5.41) is 13.4. The van der Waals surface area contributed by atoms with Gasteiger partial charge in [-0.15, -0.1) is 11.8 Å². The summed E-state index contributed by atoms with van der Waals surface area (Å²) in [6.45, 7) is 2.60. The van der Waals surface area contributed by atoms with Crippen molar-refractivity contribution in [2.45, 2.75) is 18.2 Å². The van der Waals surface area contributed by atoms with Gasteiger partial charge in [0.25, 0.3) is 5.69 Å². The Morgan fingerprint density at radius 2 is 1.92 bits per heavy atom. The second-order valence-electron chi connectivity index (χ2n) is 4.93. The van der Waals surface area contributed by atoms with Crippen LogP contribution in [0.15, 0.2) is 53.4 Å². The van der Waals surface area contributed by atoms with Crippen molar-refractivity contribution < 1.29 is 14.5 Å². The van der Waals surface area contributed by atoms with Crippen LogP contribution in [0.25, 0.3) is 0 Å². The smallest absolute Gasteiger partial charge is 0.269 e. The third-order valence-electron chi connectivity index (χ3n) is 3.04. The van der Waals surface area contributed by atoms with Crippen LogP contribution in [-0.4, -0.2) is 23.2 Å². The molecule has 2 aromatic carbocycles. The lowest BCUT2D eigenvalue weighted by Gasteiger charge is -2.11. The molecule has 0 aliphatic carbocycles. The van der Waals surface area contributed by atoms with Gasteiger partial charge in [0.05, 0.1) is 23.0 Å². The third-order valence-corrected chi connectivity index (χ3v) is 4.05. The highest BCUT2D eigenvalue weighted by atomic mass is 32.2. The number of non-ortho nitro benzene ring substituents is 1. The van der Waals surface area contributed by atoms with Crippen LogP contribution in [0.5, 0.6) is 5.75 Å². The Kier molecular flexibility index (Phi) is 6.62. The van der Waals surface area contributed by atoms with E-state index in [4.69, 9.17) is 4.74 Å². The SMILES string of the molecule is CCCOc1ccccc1NC(=O)CSc1ccc([N+](=O)[O-])cc1. The summed E-state index contributed by atoms with van der Waals surface area (Å²) in [4.78, 5) is 23.0. The number of thioether (sulfide) groups is 1. The molecule has 0 bridgehead atoms. The molecular weight excluding hydrogens is 328 g/mol. The van der Waals surface area contributed by atoms with Crippen LogP contribution in [0.3, 0.4) is 0 Å². The molecular formula is C17H18N2O4S. The van der Waals surface area contributed by atoms with Crippen LogP contribution in [0, 0.1) is 10.1 Å². The minimum atomic E-state index is -0.450. The molecule has 24 heavy (non-hydrogen) atoms. The first-order valence-electron chi connectivity index (χ1n) is 7.49. The lowest BCUT2D eigenvalue weighted by Crippen LogP contribution is -2.15. The second kappa shape index (κ2) is 8.93. The van der Waals surface area contributed by atoms with E-state index in [1.807, 2.05) is 25.1 Å². The number of para-hydroxylation sites is 2. The number of ether oxygens (including phenoxy) is 1. The summed E-state index contributed by atoms with van der Waals surface area (Å²) in [5.74, 6) is 0.693. The highest BCUT2D eigenvalue weighted by Crippen LogP contribution is 2.25. The Balaban J connectivity index is 1.90. The van der Waals surface area contributed by atoms with E-state index in [2.05, 4.69) is 5.32 Å². The van der Waals surface area contributed by atoms with Crippen LogP contribution >= 0.6 is 11.8 Å². The van der Waals surface area contributed by atoms with Gasteiger partial charge < -0.3 is 10.1 Å². The number of benzene rings is 2. The van der Waals surface area contributed by atoms with Crippen LogP contribution in [0.1, 0.15) is 13.3 Å². The van der Waals surface area contributed by atoms with Crippen molar-refractivity contribution in [3.63, 3.8) is 0 Å². The molecule has 0 saturated heterocycles. The Morgan fingerprint density at radius 1 is 1.21 bits per heavy atom. The minimum Gasteiger partial charge on any atom is -0.491 e. The molecule has 0 atom stereocenters. The van der Waals surface area contributed by atoms with Gasteiger partial charge in [0.15, 0.2) is 0 Å². The molecule has 2 aromatic rings. The summed E-state index contributed by atoms with van der Waals surface area (Å²) in [7, 11) is 0. The average Bonchev–Trinajstić information content (AvgIpc) is 2.59. The fourth-order valence-corrected chi connectivity index (χ4v) is 2.61. The normalized spacial score (nSPS) is 10.2. The highest BCUT2D eigenvalue weighted by Gasteiger charge is 2.09. The molecule has 0 fully saturated rings. The summed E-state index contributed by atoms with van der Waals surface area (Å²) < 4.78 is 5.60. The van der Waals surface area contributed by atoms with Crippen molar-refractivity contribution in [3.05, 3.63) is 58.6 Å². The van der Waals surface area contributed by atoms with Gasteiger partial charge >= 0.3 is 0 Å². The Hall–Kier alpha value is -2.54. The predicted octanol–water partition coefficient (Wildman–Crippen LogP) is 4.11. The largest absolute Gasteiger partial charge is 0.491 e. The van der Waals surface area contributed by atoms with Crippen LogP contribution in [0.4, 0.5) is 11.4 Å². The number of hydrogen-bond donors (Lipinski definition) is 1. The van der Waals surface area contributed by atoms with Crippen molar-refractivity contribution in [3.8, 4) is 5.75 Å². The van der Waals surface area contributed by atoms with Crippen molar-refractivity contribution in [1.29, 1.82) is 0 Å². The number of rotatable bonds is 8. The predicted molar refractivity (Wildman–Crippen MR) is 94.7 cm³/mol. The maximum Gasteiger partial charge on any atom is 0.269 e. The molecule has 0 heterocycles. The second-order valence-corrected chi connectivity index (χ2v) is 5.98. The Labute approximate surface area is 144 Å². The van der Waals surface area contributed by atoms with Gasteiger partial charge in [-0.25, -0.2) is 0 Å². The first-order valence-corrected chi connectivity index (χ1v) is 8.47. The van der Waals surface area contributed by atoms with Crippen LogP contribution in [-0.2, 0) is 4.79 Å². The summed E-state index contributed by atoms with van der Waals surface area (Å²) in [6.07, 6.45) is 0.887. The van der Waals surface area contributed by atoms with Gasteiger partial charge in [-0.2, -0.15) is 0 Å². The molecule has 1 amide bonds. The Morgan fingerprint density at radius 3 is 2.58 bits per heavy atom. The van der Waals surface area contributed by atoms with E-state index >= 15 is 0 Å². The van der Waals surface area contributed by atoms with Crippen molar-refractivity contribution in [2.24, 2.45) is 0 Å². The standard InChI is InChI=1S/C17H18N2O4S/c1-2-11-23-16-6-4-3-5-15(16)18-17(20)12-24-14-9-7-13(8-10-14)19(21)22/h3-10H,2,11-12H2,1H3,(H,18,20). The van der Waals surface area contributed by atoms with E-state index < -0.39 is 4.92 Å². The fraction of sp³-hybridized carbons (Fsp3) is 0.235. The number of carbonyl (C=O) groups is 1. The van der Waals surface area contributed by atoms with E-state index in [0.717, 1.165) is 11.3 Å².